The van der Waals surface area contributed by atoms with Gasteiger partial charge in [0.25, 0.3) is 0 Å². The minimum atomic E-state index is 0.414. The monoisotopic (exact) mass is 259 g/mol. The van der Waals surface area contributed by atoms with Gasteiger partial charge in [-0.2, -0.15) is 0 Å². The van der Waals surface area contributed by atoms with Crippen molar-refractivity contribution >= 4 is 34.5 Å². The highest BCUT2D eigenvalue weighted by Crippen LogP contribution is 2.28. The lowest BCUT2D eigenvalue weighted by Crippen LogP contribution is -1.94. The second-order valence-corrected chi connectivity index (χ2v) is 4.61. The molecule has 0 aliphatic carbocycles. The van der Waals surface area contributed by atoms with Gasteiger partial charge in [0.2, 0.25) is 0 Å². The van der Waals surface area contributed by atoms with E-state index in [1.807, 2.05) is 5.38 Å². The first-order valence-electron chi connectivity index (χ1n) is 4.22. The van der Waals surface area contributed by atoms with Crippen molar-refractivity contribution in [2.45, 2.75) is 6.61 Å². The molecule has 2 aromatic rings. The van der Waals surface area contributed by atoms with Crippen LogP contribution < -0.4 is 4.74 Å². The van der Waals surface area contributed by atoms with Gasteiger partial charge >= 0.3 is 0 Å². The Labute approximate surface area is 101 Å². The third-order valence-corrected chi connectivity index (χ3v) is 3.03. The predicted octanol–water partition coefficient (Wildman–Crippen LogP) is 4.03. The molecule has 2 rings (SSSR count). The van der Waals surface area contributed by atoms with E-state index in [9.17, 15) is 0 Å². The summed E-state index contributed by atoms with van der Waals surface area (Å²) >= 11 is 13.3. The van der Waals surface area contributed by atoms with Crippen LogP contribution in [0.15, 0.2) is 29.8 Å². The van der Waals surface area contributed by atoms with Gasteiger partial charge in [-0.15, -0.1) is 11.3 Å². The van der Waals surface area contributed by atoms with E-state index in [4.69, 9.17) is 27.9 Å². The van der Waals surface area contributed by atoms with Crippen molar-refractivity contribution in [3.63, 3.8) is 0 Å². The van der Waals surface area contributed by atoms with Crippen LogP contribution in [0.5, 0.6) is 5.75 Å². The summed E-state index contributed by atoms with van der Waals surface area (Å²) in [4.78, 5) is 4.10. The zero-order valence-corrected chi connectivity index (χ0v) is 9.94. The molecule has 1 aromatic carbocycles. The molecule has 0 saturated carbocycles. The van der Waals surface area contributed by atoms with Crippen molar-refractivity contribution in [3.8, 4) is 5.75 Å². The molecule has 2 nitrogen and oxygen atoms in total. The molecule has 0 fully saturated rings. The Hall–Kier alpha value is -0.770. The molecule has 0 aliphatic heterocycles. The summed E-state index contributed by atoms with van der Waals surface area (Å²) in [6.45, 7) is 0.414. The standard InChI is InChI=1S/C10H7Cl2NOS/c11-7-1-2-8(12)9(5-7)14-6-10-13-3-4-15-10/h1-5H,6H2. The number of benzene rings is 1. The lowest BCUT2D eigenvalue weighted by molar-refractivity contribution is 0.306. The summed E-state index contributed by atoms with van der Waals surface area (Å²) in [5.41, 5.74) is 0. The Balaban J connectivity index is 2.07. The average molecular weight is 260 g/mol. The first-order chi connectivity index (χ1) is 7.25. The predicted molar refractivity (Wildman–Crippen MR) is 62.9 cm³/mol. The zero-order chi connectivity index (χ0) is 10.7. The molecule has 0 N–H and O–H groups in total. The summed E-state index contributed by atoms with van der Waals surface area (Å²) in [6.07, 6.45) is 1.74. The van der Waals surface area contributed by atoms with Gasteiger partial charge in [0.15, 0.2) is 0 Å². The van der Waals surface area contributed by atoms with Crippen LogP contribution in [0.4, 0.5) is 0 Å². The first kappa shape index (κ1) is 10.7. The second-order valence-electron chi connectivity index (χ2n) is 2.79. The Kier molecular flexibility index (Phi) is 3.46. The van der Waals surface area contributed by atoms with E-state index in [2.05, 4.69) is 4.98 Å². The molecule has 5 heteroatoms. The fraction of sp³-hybridized carbons (Fsp3) is 0.100. The number of hydrogen-bond acceptors (Lipinski definition) is 3. The van der Waals surface area contributed by atoms with Crippen molar-refractivity contribution in [1.82, 2.24) is 4.98 Å². The third kappa shape index (κ3) is 2.84. The Bertz CT molecular complexity index is 445. The molecule has 78 valence electrons. The highest BCUT2D eigenvalue weighted by Gasteiger charge is 2.03. The summed E-state index contributed by atoms with van der Waals surface area (Å²) in [6, 6.07) is 5.12. The van der Waals surface area contributed by atoms with Gasteiger partial charge in [-0.3, -0.25) is 0 Å². The summed E-state index contributed by atoms with van der Waals surface area (Å²) < 4.78 is 5.49. The number of hydrogen-bond donors (Lipinski definition) is 0. The van der Waals surface area contributed by atoms with E-state index in [0.29, 0.717) is 22.4 Å². The fourth-order valence-corrected chi connectivity index (χ4v) is 1.91. The maximum absolute atomic E-state index is 5.94. The van der Waals surface area contributed by atoms with E-state index in [1.54, 1.807) is 35.7 Å². The minimum Gasteiger partial charge on any atom is -0.485 e. The summed E-state index contributed by atoms with van der Waals surface area (Å²) in [5, 5.41) is 3.97. The molecule has 0 unspecified atom stereocenters. The summed E-state index contributed by atoms with van der Waals surface area (Å²) in [7, 11) is 0. The number of ether oxygens (including phenoxy) is 1. The van der Waals surface area contributed by atoms with Crippen LogP contribution in [-0.2, 0) is 6.61 Å². The maximum Gasteiger partial charge on any atom is 0.140 e. The molecular weight excluding hydrogens is 253 g/mol. The molecule has 15 heavy (non-hydrogen) atoms. The number of rotatable bonds is 3. The lowest BCUT2D eigenvalue weighted by Gasteiger charge is -2.06. The van der Waals surface area contributed by atoms with E-state index in [-0.39, 0.29) is 0 Å². The van der Waals surface area contributed by atoms with Gasteiger partial charge < -0.3 is 4.74 Å². The fourth-order valence-electron chi connectivity index (χ4n) is 1.05. The highest BCUT2D eigenvalue weighted by molar-refractivity contribution is 7.09. The van der Waals surface area contributed by atoms with Crippen molar-refractivity contribution in [2.24, 2.45) is 0 Å². The van der Waals surface area contributed by atoms with E-state index >= 15 is 0 Å². The molecule has 0 amide bonds. The van der Waals surface area contributed by atoms with Gasteiger partial charge in [0.05, 0.1) is 5.02 Å². The van der Waals surface area contributed by atoms with Gasteiger partial charge in [0, 0.05) is 22.7 Å². The molecule has 0 atom stereocenters. The number of nitrogens with zero attached hydrogens (tertiary/aromatic N) is 1. The van der Waals surface area contributed by atoms with Gasteiger partial charge in [0.1, 0.15) is 17.4 Å². The van der Waals surface area contributed by atoms with Crippen LogP contribution in [-0.4, -0.2) is 4.98 Å². The smallest absolute Gasteiger partial charge is 0.140 e. The van der Waals surface area contributed by atoms with E-state index in [1.165, 1.54) is 0 Å². The Morgan fingerprint density at radius 1 is 1.33 bits per heavy atom. The third-order valence-electron chi connectivity index (χ3n) is 1.73. The van der Waals surface area contributed by atoms with Gasteiger partial charge in [-0.1, -0.05) is 23.2 Å². The largest absolute Gasteiger partial charge is 0.485 e. The normalized spacial score (nSPS) is 10.3. The van der Waals surface area contributed by atoms with Crippen LogP contribution in [0.25, 0.3) is 0 Å². The zero-order valence-electron chi connectivity index (χ0n) is 7.61. The Morgan fingerprint density at radius 3 is 2.93 bits per heavy atom. The molecule has 0 saturated heterocycles. The molecule has 1 aromatic heterocycles. The lowest BCUT2D eigenvalue weighted by atomic mass is 10.3. The number of aromatic nitrogens is 1. The molecule has 1 heterocycles. The van der Waals surface area contributed by atoms with E-state index < -0.39 is 0 Å². The van der Waals surface area contributed by atoms with Crippen molar-refractivity contribution in [1.29, 1.82) is 0 Å². The number of halogens is 2. The van der Waals surface area contributed by atoms with Gasteiger partial charge in [-0.25, -0.2) is 4.98 Å². The average Bonchev–Trinajstić information content (AvgIpc) is 2.72. The first-order valence-corrected chi connectivity index (χ1v) is 5.85. The molecule has 0 aliphatic rings. The Morgan fingerprint density at radius 2 is 2.20 bits per heavy atom. The van der Waals surface area contributed by atoms with Gasteiger partial charge in [-0.05, 0) is 12.1 Å². The van der Waals surface area contributed by atoms with Crippen LogP contribution >= 0.6 is 34.5 Å². The molecule has 0 spiro atoms. The van der Waals surface area contributed by atoms with Crippen LogP contribution in [0.3, 0.4) is 0 Å². The molecule has 0 bridgehead atoms. The van der Waals surface area contributed by atoms with Crippen LogP contribution in [0, 0.1) is 0 Å². The topological polar surface area (TPSA) is 22.1 Å². The molecule has 0 radical (unpaired) electrons. The van der Waals surface area contributed by atoms with Crippen LogP contribution in [0.2, 0.25) is 10.0 Å². The van der Waals surface area contributed by atoms with Crippen molar-refractivity contribution < 1.29 is 4.74 Å². The maximum atomic E-state index is 5.94. The minimum absolute atomic E-state index is 0.414. The van der Waals surface area contributed by atoms with Crippen molar-refractivity contribution in [3.05, 3.63) is 44.8 Å². The second kappa shape index (κ2) is 4.84. The van der Waals surface area contributed by atoms with E-state index in [0.717, 1.165) is 5.01 Å². The summed E-state index contributed by atoms with van der Waals surface area (Å²) in [5.74, 6) is 0.583. The van der Waals surface area contributed by atoms with Crippen molar-refractivity contribution in [2.75, 3.05) is 0 Å². The highest BCUT2D eigenvalue weighted by atomic mass is 35.5. The van der Waals surface area contributed by atoms with Crippen LogP contribution in [0.1, 0.15) is 5.01 Å². The molecular formula is C10H7Cl2NOS. The quantitative estimate of drug-likeness (QED) is 0.831. The SMILES string of the molecule is Clc1ccc(Cl)c(OCc2nccs2)c1. The number of thiazole rings is 1.